The lowest BCUT2D eigenvalue weighted by Crippen LogP contribution is -2.29. The van der Waals surface area contributed by atoms with Gasteiger partial charge >= 0.3 is 12.1 Å². The third kappa shape index (κ3) is 4.70. The molecular formula is C21H19ClF3NO4. The molecule has 5 nitrogen and oxygen atoms in total. The minimum atomic E-state index is -4.76. The number of carbonyl (C=O) groups excluding carboxylic acids is 1. The zero-order chi connectivity index (χ0) is 22.1. The van der Waals surface area contributed by atoms with Crippen molar-refractivity contribution in [2.24, 2.45) is 0 Å². The van der Waals surface area contributed by atoms with Crippen LogP contribution in [0.2, 0.25) is 5.02 Å². The standard InChI is InChI=1S/C21H19ClF3NO4/c1-12(20(28)29)30-18-7-5-14(22)11-16(18)13-4-6-15(17(10-13)21(23,24)25)19(27)26-8-2-3-9-26/h4-7,10-12H,2-3,8-9H2,1H3,(H,28,29)/t12-/m0/s1. The molecule has 1 aliphatic heterocycles. The first-order valence-electron chi connectivity index (χ1n) is 9.28. The first-order chi connectivity index (χ1) is 14.1. The Hall–Kier alpha value is -2.74. The number of ether oxygens (including phenoxy) is 1. The van der Waals surface area contributed by atoms with Gasteiger partial charge in [-0.25, -0.2) is 4.79 Å². The van der Waals surface area contributed by atoms with Crippen molar-refractivity contribution >= 4 is 23.5 Å². The maximum absolute atomic E-state index is 13.8. The summed E-state index contributed by atoms with van der Waals surface area (Å²) in [6, 6.07) is 7.63. The van der Waals surface area contributed by atoms with Gasteiger partial charge in [-0.15, -0.1) is 0 Å². The number of alkyl halides is 3. The van der Waals surface area contributed by atoms with Crippen molar-refractivity contribution in [2.75, 3.05) is 13.1 Å². The summed E-state index contributed by atoms with van der Waals surface area (Å²) in [5.74, 6) is -1.81. The molecule has 1 atom stereocenters. The maximum atomic E-state index is 13.8. The van der Waals surface area contributed by atoms with Gasteiger partial charge in [-0.1, -0.05) is 17.7 Å². The van der Waals surface area contributed by atoms with Gasteiger partial charge in [0.05, 0.1) is 11.1 Å². The highest BCUT2D eigenvalue weighted by Crippen LogP contribution is 2.39. The average Bonchev–Trinajstić information content (AvgIpc) is 3.22. The molecule has 160 valence electrons. The molecule has 0 bridgehead atoms. The van der Waals surface area contributed by atoms with Gasteiger partial charge in [0.1, 0.15) is 5.75 Å². The van der Waals surface area contributed by atoms with Crippen molar-refractivity contribution in [1.82, 2.24) is 4.90 Å². The monoisotopic (exact) mass is 441 g/mol. The van der Waals surface area contributed by atoms with Gasteiger partial charge in [-0.05, 0) is 55.7 Å². The highest BCUT2D eigenvalue weighted by atomic mass is 35.5. The highest BCUT2D eigenvalue weighted by Gasteiger charge is 2.37. The van der Waals surface area contributed by atoms with Crippen molar-refractivity contribution in [3.05, 3.63) is 52.5 Å². The van der Waals surface area contributed by atoms with Crippen molar-refractivity contribution in [1.29, 1.82) is 0 Å². The number of benzene rings is 2. The molecule has 2 aromatic rings. The Kier molecular flexibility index (Phi) is 6.26. The summed E-state index contributed by atoms with van der Waals surface area (Å²) in [7, 11) is 0. The van der Waals surface area contributed by atoms with Crippen LogP contribution in [-0.2, 0) is 11.0 Å². The molecule has 0 aromatic heterocycles. The van der Waals surface area contributed by atoms with Gasteiger partial charge in [-0.3, -0.25) is 4.79 Å². The molecule has 0 saturated carbocycles. The molecule has 3 rings (SSSR count). The number of carbonyl (C=O) groups is 2. The summed E-state index contributed by atoms with van der Waals surface area (Å²) in [5, 5.41) is 9.31. The molecule has 0 aliphatic carbocycles. The van der Waals surface area contributed by atoms with Crippen LogP contribution < -0.4 is 4.74 Å². The second-order valence-corrected chi connectivity index (χ2v) is 7.43. The van der Waals surface area contributed by atoms with Gasteiger partial charge in [0.2, 0.25) is 0 Å². The molecule has 1 saturated heterocycles. The largest absolute Gasteiger partial charge is 0.479 e. The van der Waals surface area contributed by atoms with E-state index >= 15 is 0 Å². The number of hydrogen-bond donors (Lipinski definition) is 1. The number of nitrogens with zero attached hydrogens (tertiary/aromatic N) is 1. The molecular weight excluding hydrogens is 423 g/mol. The van der Waals surface area contributed by atoms with Gasteiger partial charge in [-0.2, -0.15) is 13.2 Å². The summed E-state index contributed by atoms with van der Waals surface area (Å²) in [5.41, 5.74) is -1.18. The molecule has 1 fully saturated rings. The molecule has 0 unspecified atom stereocenters. The maximum Gasteiger partial charge on any atom is 0.417 e. The number of likely N-dealkylation sites (tertiary alicyclic amines) is 1. The Morgan fingerprint density at radius 3 is 2.40 bits per heavy atom. The molecule has 0 spiro atoms. The fourth-order valence-electron chi connectivity index (χ4n) is 3.29. The quantitative estimate of drug-likeness (QED) is 0.700. The van der Waals surface area contributed by atoms with Gasteiger partial charge < -0.3 is 14.7 Å². The van der Waals surface area contributed by atoms with Crippen LogP contribution in [0.15, 0.2) is 36.4 Å². The zero-order valence-corrected chi connectivity index (χ0v) is 16.8. The second kappa shape index (κ2) is 8.55. The lowest BCUT2D eigenvalue weighted by molar-refractivity contribution is -0.144. The van der Waals surface area contributed by atoms with Crippen LogP contribution in [0.25, 0.3) is 11.1 Å². The van der Waals surface area contributed by atoms with E-state index in [1.54, 1.807) is 0 Å². The van der Waals surface area contributed by atoms with E-state index in [1.165, 1.54) is 36.1 Å². The topological polar surface area (TPSA) is 66.8 Å². The Morgan fingerprint density at radius 2 is 1.80 bits per heavy atom. The number of hydrogen-bond acceptors (Lipinski definition) is 3. The van der Waals surface area contributed by atoms with Crippen LogP contribution in [0.3, 0.4) is 0 Å². The van der Waals surface area contributed by atoms with E-state index in [2.05, 4.69) is 0 Å². The summed E-state index contributed by atoms with van der Waals surface area (Å²) in [6.45, 7) is 2.16. The third-order valence-electron chi connectivity index (χ3n) is 4.85. The second-order valence-electron chi connectivity index (χ2n) is 7.00. The number of aliphatic carboxylic acids is 1. The van der Waals surface area contributed by atoms with Crippen LogP contribution in [0.1, 0.15) is 35.7 Å². The predicted octanol–water partition coefficient (Wildman–Crippen LogP) is 5.11. The molecule has 1 amide bonds. The first-order valence-corrected chi connectivity index (χ1v) is 9.65. The summed E-state index contributed by atoms with van der Waals surface area (Å²) in [6.07, 6.45) is -4.45. The van der Waals surface area contributed by atoms with E-state index in [4.69, 9.17) is 21.4 Å². The summed E-state index contributed by atoms with van der Waals surface area (Å²) in [4.78, 5) is 25.1. The van der Waals surface area contributed by atoms with Gasteiger partial charge in [0.15, 0.2) is 6.10 Å². The summed E-state index contributed by atoms with van der Waals surface area (Å²) < 4.78 is 46.7. The van der Waals surface area contributed by atoms with E-state index in [1.807, 2.05) is 0 Å². The van der Waals surface area contributed by atoms with E-state index in [-0.39, 0.29) is 21.9 Å². The van der Waals surface area contributed by atoms with Crippen LogP contribution in [-0.4, -0.2) is 41.1 Å². The van der Waals surface area contributed by atoms with Crippen molar-refractivity contribution < 1.29 is 32.6 Å². The fourth-order valence-corrected chi connectivity index (χ4v) is 3.47. The number of carboxylic acid groups (broad SMARTS) is 1. The molecule has 30 heavy (non-hydrogen) atoms. The number of rotatable bonds is 5. The lowest BCUT2D eigenvalue weighted by atomic mass is 9.97. The molecule has 1 heterocycles. The fraction of sp³-hybridized carbons (Fsp3) is 0.333. The predicted molar refractivity (Wildman–Crippen MR) is 105 cm³/mol. The zero-order valence-electron chi connectivity index (χ0n) is 16.0. The number of halogens is 4. The van der Waals surface area contributed by atoms with Crippen LogP contribution in [0, 0.1) is 0 Å². The Labute approximate surface area is 176 Å². The third-order valence-corrected chi connectivity index (χ3v) is 5.09. The Balaban J connectivity index is 2.08. The molecule has 0 radical (unpaired) electrons. The van der Waals surface area contributed by atoms with Crippen molar-refractivity contribution in [3.8, 4) is 16.9 Å². The minimum Gasteiger partial charge on any atom is -0.479 e. The van der Waals surface area contributed by atoms with Crippen LogP contribution >= 0.6 is 11.6 Å². The highest BCUT2D eigenvalue weighted by molar-refractivity contribution is 6.31. The van der Waals surface area contributed by atoms with Crippen molar-refractivity contribution in [3.63, 3.8) is 0 Å². The smallest absolute Gasteiger partial charge is 0.417 e. The SMILES string of the molecule is C[C@H](Oc1ccc(Cl)cc1-c1ccc(C(=O)N2CCCC2)c(C(F)(F)F)c1)C(=O)O. The van der Waals surface area contributed by atoms with Gasteiger partial charge in [0, 0.05) is 23.7 Å². The molecule has 1 aliphatic rings. The summed E-state index contributed by atoms with van der Waals surface area (Å²) >= 11 is 6.01. The molecule has 9 heteroatoms. The van der Waals surface area contributed by atoms with E-state index in [0.717, 1.165) is 25.0 Å². The lowest BCUT2D eigenvalue weighted by Gasteiger charge is -2.20. The van der Waals surface area contributed by atoms with Crippen LogP contribution in [0.5, 0.6) is 5.75 Å². The van der Waals surface area contributed by atoms with E-state index in [0.29, 0.717) is 13.1 Å². The molecule has 2 aromatic carbocycles. The Bertz CT molecular complexity index is 971. The number of carboxylic acids is 1. The normalized spacial score (nSPS) is 15.2. The van der Waals surface area contributed by atoms with E-state index in [9.17, 15) is 22.8 Å². The first kappa shape index (κ1) is 22.0. The minimum absolute atomic E-state index is 0.0704. The van der Waals surface area contributed by atoms with Crippen molar-refractivity contribution in [2.45, 2.75) is 32.0 Å². The van der Waals surface area contributed by atoms with Gasteiger partial charge in [0.25, 0.3) is 5.91 Å². The number of amides is 1. The molecule has 1 N–H and O–H groups in total. The van der Waals surface area contributed by atoms with Crippen LogP contribution in [0.4, 0.5) is 13.2 Å². The van der Waals surface area contributed by atoms with E-state index < -0.39 is 35.3 Å². The average molecular weight is 442 g/mol. The Morgan fingerprint density at radius 1 is 1.13 bits per heavy atom.